The molecule has 0 saturated carbocycles. The van der Waals surface area contributed by atoms with Crippen LogP contribution >= 0.6 is 0 Å². The molecule has 5 heteroatoms. The lowest BCUT2D eigenvalue weighted by Crippen LogP contribution is -2.35. The fourth-order valence-corrected chi connectivity index (χ4v) is 3.06. The first-order chi connectivity index (χ1) is 11.2. The maximum Gasteiger partial charge on any atom is 0.270 e. The summed E-state index contributed by atoms with van der Waals surface area (Å²) in [7, 11) is 3.23. The summed E-state index contributed by atoms with van der Waals surface area (Å²) in [5.74, 6) is 1.42. The van der Waals surface area contributed by atoms with E-state index in [9.17, 15) is 4.79 Å². The number of benzene rings is 1. The Morgan fingerprint density at radius 3 is 2.61 bits per heavy atom. The van der Waals surface area contributed by atoms with Crippen LogP contribution in [0.2, 0.25) is 0 Å². The summed E-state index contributed by atoms with van der Waals surface area (Å²) in [4.78, 5) is 17.6. The summed E-state index contributed by atoms with van der Waals surface area (Å²) in [6.45, 7) is 1.69. The molecule has 2 heterocycles. The average molecular weight is 314 g/mol. The van der Waals surface area contributed by atoms with Gasteiger partial charge in [0.2, 0.25) is 0 Å². The van der Waals surface area contributed by atoms with Crippen LogP contribution in [-0.2, 0) is 0 Å². The number of hydrogen-bond donors (Lipinski definition) is 1. The molecule has 122 valence electrons. The van der Waals surface area contributed by atoms with Crippen molar-refractivity contribution >= 4 is 5.91 Å². The lowest BCUT2D eigenvalue weighted by Gasteiger charge is -2.26. The maximum absolute atomic E-state index is 12.6. The van der Waals surface area contributed by atoms with Crippen LogP contribution < -0.4 is 9.47 Å². The second kappa shape index (κ2) is 6.77. The highest BCUT2D eigenvalue weighted by molar-refractivity contribution is 5.94. The topological polar surface area (TPSA) is 54.6 Å². The molecule has 5 nitrogen and oxygen atoms in total. The van der Waals surface area contributed by atoms with Crippen LogP contribution in [0.5, 0.6) is 11.5 Å². The van der Waals surface area contributed by atoms with Crippen molar-refractivity contribution in [2.75, 3.05) is 27.3 Å². The summed E-state index contributed by atoms with van der Waals surface area (Å²) in [6.07, 6.45) is 5.22. The Balaban J connectivity index is 1.88. The molecule has 1 aromatic heterocycles. The van der Waals surface area contributed by atoms with Gasteiger partial charge in [0.25, 0.3) is 5.91 Å². The number of para-hydroxylation sites is 1. The van der Waals surface area contributed by atoms with Crippen LogP contribution in [0.4, 0.5) is 0 Å². The highest BCUT2D eigenvalue weighted by atomic mass is 16.5. The molecule has 23 heavy (non-hydrogen) atoms. The fourth-order valence-electron chi connectivity index (χ4n) is 3.06. The summed E-state index contributed by atoms with van der Waals surface area (Å²) >= 11 is 0. The first-order valence-corrected chi connectivity index (χ1v) is 7.93. The van der Waals surface area contributed by atoms with Crippen molar-refractivity contribution in [3.8, 4) is 22.6 Å². The third-order valence-electron chi connectivity index (χ3n) is 4.27. The van der Waals surface area contributed by atoms with E-state index in [4.69, 9.17) is 9.47 Å². The molecule has 3 rings (SSSR count). The van der Waals surface area contributed by atoms with Crippen molar-refractivity contribution in [3.05, 3.63) is 36.2 Å². The molecule has 0 spiro atoms. The van der Waals surface area contributed by atoms with E-state index in [1.807, 2.05) is 35.4 Å². The number of hydrogen-bond acceptors (Lipinski definition) is 3. The summed E-state index contributed by atoms with van der Waals surface area (Å²) < 4.78 is 10.8. The third kappa shape index (κ3) is 3.04. The molecule has 1 saturated heterocycles. The minimum absolute atomic E-state index is 0.0674. The maximum atomic E-state index is 12.6. The molecule has 0 radical (unpaired) electrons. The quantitative estimate of drug-likeness (QED) is 0.942. The molecule has 0 bridgehead atoms. The van der Waals surface area contributed by atoms with Crippen LogP contribution in [0.1, 0.15) is 29.8 Å². The SMILES string of the molecule is COc1cccc(-c2c[nH]c(C(=O)N3CCCCC3)c2)c1OC. The smallest absolute Gasteiger partial charge is 0.270 e. The van der Waals surface area contributed by atoms with E-state index in [2.05, 4.69) is 4.98 Å². The van der Waals surface area contributed by atoms with Gasteiger partial charge in [-0.1, -0.05) is 12.1 Å². The van der Waals surface area contributed by atoms with Crippen molar-refractivity contribution < 1.29 is 14.3 Å². The zero-order valence-electron chi connectivity index (χ0n) is 13.6. The van der Waals surface area contributed by atoms with Gasteiger partial charge >= 0.3 is 0 Å². The Bertz CT molecular complexity index is 687. The number of aromatic amines is 1. The second-order valence-electron chi connectivity index (χ2n) is 5.70. The highest BCUT2D eigenvalue weighted by Gasteiger charge is 2.20. The normalized spacial score (nSPS) is 14.6. The highest BCUT2D eigenvalue weighted by Crippen LogP contribution is 2.38. The van der Waals surface area contributed by atoms with Gasteiger partial charge in [-0.05, 0) is 31.4 Å². The van der Waals surface area contributed by atoms with Crippen molar-refractivity contribution in [1.29, 1.82) is 0 Å². The number of carbonyl (C=O) groups is 1. The van der Waals surface area contributed by atoms with Crippen LogP contribution in [0.25, 0.3) is 11.1 Å². The molecule has 0 aliphatic carbocycles. The molecule has 1 aliphatic heterocycles. The first kappa shape index (κ1) is 15.5. The number of carbonyl (C=O) groups excluding carboxylic acids is 1. The number of rotatable bonds is 4. The summed E-state index contributed by atoms with van der Waals surface area (Å²) in [5.41, 5.74) is 2.44. The molecule has 1 aromatic carbocycles. The average Bonchev–Trinajstić information content (AvgIpc) is 3.10. The van der Waals surface area contributed by atoms with Crippen LogP contribution in [-0.4, -0.2) is 43.1 Å². The third-order valence-corrected chi connectivity index (χ3v) is 4.27. The molecule has 0 atom stereocenters. The minimum atomic E-state index is 0.0674. The van der Waals surface area contributed by atoms with E-state index in [1.165, 1.54) is 6.42 Å². The summed E-state index contributed by atoms with van der Waals surface area (Å²) in [5, 5.41) is 0. The van der Waals surface area contributed by atoms with Gasteiger partial charge in [0.15, 0.2) is 11.5 Å². The Morgan fingerprint density at radius 1 is 1.13 bits per heavy atom. The number of methoxy groups -OCH3 is 2. The number of aromatic nitrogens is 1. The molecule has 2 aromatic rings. The van der Waals surface area contributed by atoms with Gasteiger partial charge in [-0.25, -0.2) is 0 Å². The molecule has 1 fully saturated rings. The van der Waals surface area contributed by atoms with Crippen molar-refractivity contribution in [2.24, 2.45) is 0 Å². The van der Waals surface area contributed by atoms with E-state index in [-0.39, 0.29) is 5.91 Å². The number of ether oxygens (including phenoxy) is 2. The molecule has 1 amide bonds. The Morgan fingerprint density at radius 2 is 1.91 bits per heavy atom. The zero-order valence-corrected chi connectivity index (χ0v) is 13.6. The van der Waals surface area contributed by atoms with Gasteiger partial charge in [0.05, 0.1) is 14.2 Å². The van der Waals surface area contributed by atoms with Crippen LogP contribution in [0, 0.1) is 0 Å². The first-order valence-electron chi connectivity index (χ1n) is 7.93. The molecule has 1 N–H and O–H groups in total. The minimum Gasteiger partial charge on any atom is -0.493 e. The standard InChI is InChI=1S/C18H22N2O3/c1-22-16-8-6-7-14(17(16)23-2)13-11-15(19-12-13)18(21)20-9-4-3-5-10-20/h6-8,11-12,19H,3-5,9-10H2,1-2H3. The summed E-state index contributed by atoms with van der Waals surface area (Å²) in [6, 6.07) is 7.61. The van der Waals surface area contributed by atoms with Gasteiger partial charge in [-0.3, -0.25) is 4.79 Å². The van der Waals surface area contributed by atoms with Gasteiger partial charge in [0.1, 0.15) is 5.69 Å². The van der Waals surface area contributed by atoms with Crippen molar-refractivity contribution in [2.45, 2.75) is 19.3 Å². The van der Waals surface area contributed by atoms with Crippen molar-refractivity contribution in [3.63, 3.8) is 0 Å². The predicted octanol–water partition coefficient (Wildman–Crippen LogP) is 3.33. The lowest BCUT2D eigenvalue weighted by atomic mass is 10.1. The Hall–Kier alpha value is -2.43. The number of H-pyrrole nitrogens is 1. The fraction of sp³-hybridized carbons (Fsp3) is 0.389. The van der Waals surface area contributed by atoms with Gasteiger partial charge in [-0.15, -0.1) is 0 Å². The molecule has 1 aliphatic rings. The predicted molar refractivity (Wildman–Crippen MR) is 89.1 cm³/mol. The molecular weight excluding hydrogens is 292 g/mol. The van der Waals surface area contributed by atoms with Gasteiger partial charge in [0, 0.05) is 30.4 Å². The lowest BCUT2D eigenvalue weighted by molar-refractivity contribution is 0.0719. The number of amides is 1. The molecular formula is C18H22N2O3. The number of piperidine rings is 1. The zero-order chi connectivity index (χ0) is 16.2. The molecule has 0 unspecified atom stereocenters. The monoisotopic (exact) mass is 314 g/mol. The number of likely N-dealkylation sites (tertiary alicyclic amines) is 1. The van der Waals surface area contributed by atoms with Crippen LogP contribution in [0.3, 0.4) is 0 Å². The Kier molecular flexibility index (Phi) is 4.55. The van der Waals surface area contributed by atoms with Crippen LogP contribution in [0.15, 0.2) is 30.5 Å². The number of nitrogens with zero attached hydrogens (tertiary/aromatic N) is 1. The van der Waals surface area contributed by atoms with Crippen molar-refractivity contribution in [1.82, 2.24) is 9.88 Å². The van der Waals surface area contributed by atoms with E-state index in [1.54, 1.807) is 14.2 Å². The van der Waals surface area contributed by atoms with E-state index in [0.717, 1.165) is 37.1 Å². The van der Waals surface area contributed by atoms with E-state index in [0.29, 0.717) is 17.2 Å². The number of nitrogens with one attached hydrogen (secondary N) is 1. The van der Waals surface area contributed by atoms with E-state index >= 15 is 0 Å². The van der Waals surface area contributed by atoms with Gasteiger partial charge < -0.3 is 19.4 Å². The Labute approximate surface area is 136 Å². The second-order valence-corrected chi connectivity index (χ2v) is 5.70. The largest absolute Gasteiger partial charge is 0.493 e. The van der Waals surface area contributed by atoms with Gasteiger partial charge in [-0.2, -0.15) is 0 Å². The van der Waals surface area contributed by atoms with E-state index < -0.39 is 0 Å².